The lowest BCUT2D eigenvalue weighted by atomic mass is 9.42. The van der Waals surface area contributed by atoms with Gasteiger partial charge in [0, 0.05) is 6.61 Å². The molecule has 2 heteroatoms. The average molecular weight is 309 g/mol. The Morgan fingerprint density at radius 1 is 1.05 bits per heavy atom. The van der Waals surface area contributed by atoms with E-state index in [-0.39, 0.29) is 23.4 Å². The van der Waals surface area contributed by atoms with E-state index in [0.29, 0.717) is 5.92 Å². The van der Waals surface area contributed by atoms with Gasteiger partial charge >= 0.3 is 0 Å². The molecule has 3 aliphatic carbocycles. The van der Waals surface area contributed by atoms with E-state index in [0.717, 1.165) is 37.5 Å². The molecule has 0 radical (unpaired) electrons. The first kappa shape index (κ1) is 16.8. The van der Waals surface area contributed by atoms with Crippen molar-refractivity contribution in [2.45, 2.75) is 84.7 Å². The van der Waals surface area contributed by atoms with Crippen LogP contribution in [0.3, 0.4) is 0 Å². The maximum atomic E-state index is 11.8. The molecule has 0 unspecified atom stereocenters. The van der Waals surface area contributed by atoms with Crippen molar-refractivity contribution in [1.29, 1.82) is 0 Å². The second-order valence-corrected chi connectivity index (χ2v) is 9.61. The summed E-state index contributed by atoms with van der Waals surface area (Å²) in [5.41, 5.74) is -0.554. The third-order valence-electron chi connectivity index (χ3n) is 8.34. The van der Waals surface area contributed by atoms with Gasteiger partial charge in [0.25, 0.3) is 0 Å². The Hall–Kier alpha value is -0.0800. The van der Waals surface area contributed by atoms with Crippen molar-refractivity contribution in [1.82, 2.24) is 0 Å². The molecule has 3 saturated carbocycles. The van der Waals surface area contributed by atoms with Crippen molar-refractivity contribution in [3.63, 3.8) is 0 Å². The largest absolute Gasteiger partial charge is 0.396 e. The van der Waals surface area contributed by atoms with E-state index >= 15 is 0 Å². The third kappa shape index (κ3) is 2.20. The summed E-state index contributed by atoms with van der Waals surface area (Å²) in [6.45, 7) is 9.54. The van der Waals surface area contributed by atoms with Crippen LogP contribution in [0.25, 0.3) is 0 Å². The maximum Gasteiger partial charge on any atom is 0.0737 e. The summed E-state index contributed by atoms with van der Waals surface area (Å²) in [6.07, 6.45) is 9.21. The van der Waals surface area contributed by atoms with E-state index in [9.17, 15) is 10.2 Å². The molecule has 0 heterocycles. The summed E-state index contributed by atoms with van der Waals surface area (Å²) < 4.78 is 0. The lowest BCUT2D eigenvalue weighted by Gasteiger charge is -2.65. The topological polar surface area (TPSA) is 40.5 Å². The number of aliphatic hydroxyl groups is 2. The molecule has 6 atom stereocenters. The molecule has 2 nitrogen and oxygen atoms in total. The first-order valence-electron chi connectivity index (χ1n) is 9.60. The van der Waals surface area contributed by atoms with Crippen LogP contribution in [-0.4, -0.2) is 22.4 Å². The Balaban J connectivity index is 1.91. The van der Waals surface area contributed by atoms with Crippen molar-refractivity contribution in [2.24, 2.45) is 34.5 Å². The molecule has 0 aromatic carbocycles. The highest BCUT2D eigenvalue weighted by Gasteiger charge is 2.64. The van der Waals surface area contributed by atoms with Gasteiger partial charge in [0.1, 0.15) is 0 Å². The quantitative estimate of drug-likeness (QED) is 0.794. The molecular weight excluding hydrogens is 272 g/mol. The highest BCUT2D eigenvalue weighted by molar-refractivity contribution is 5.14. The predicted octanol–water partition coefficient (Wildman–Crippen LogP) is 4.39. The highest BCUT2D eigenvalue weighted by Crippen LogP contribution is 2.65. The monoisotopic (exact) mass is 308 g/mol. The van der Waals surface area contributed by atoms with Crippen LogP contribution in [-0.2, 0) is 0 Å². The van der Waals surface area contributed by atoms with E-state index in [4.69, 9.17) is 0 Å². The number of rotatable bonds is 2. The minimum Gasteiger partial charge on any atom is -0.396 e. The Labute approximate surface area is 136 Å². The van der Waals surface area contributed by atoms with Crippen LogP contribution in [0.4, 0.5) is 0 Å². The fraction of sp³-hybridized carbons (Fsp3) is 1.00. The van der Waals surface area contributed by atoms with Crippen molar-refractivity contribution in [3.05, 3.63) is 0 Å². The van der Waals surface area contributed by atoms with Gasteiger partial charge in [-0.1, -0.05) is 27.7 Å². The average Bonchev–Trinajstić information content (AvgIpc) is 2.47. The number of hydrogen-bond donors (Lipinski definition) is 2. The van der Waals surface area contributed by atoms with E-state index in [1.54, 1.807) is 0 Å². The Morgan fingerprint density at radius 3 is 2.41 bits per heavy atom. The zero-order valence-corrected chi connectivity index (χ0v) is 15.1. The summed E-state index contributed by atoms with van der Waals surface area (Å²) in [6, 6.07) is 0. The lowest BCUT2D eigenvalue weighted by molar-refractivity contribution is -0.242. The number of aliphatic hydroxyl groups excluding tert-OH is 1. The standard InChI is InChI=1S/C20H36O2/c1-14(2)15-8-11-19(4)16(12-15)6-7-17-18(3,13-21)9-5-10-20(17,19)22/h14-17,21-22H,5-13H2,1-4H3/t15-,16+,17-,18-,19+,20+/m0/s1. The Bertz CT molecular complexity index is 420. The van der Waals surface area contributed by atoms with Gasteiger partial charge in [-0.15, -0.1) is 0 Å². The van der Waals surface area contributed by atoms with Crippen LogP contribution in [0.2, 0.25) is 0 Å². The molecule has 0 aromatic rings. The fourth-order valence-electron chi connectivity index (χ4n) is 6.56. The normalized spacial score (nSPS) is 52.2. The first-order valence-corrected chi connectivity index (χ1v) is 9.60. The van der Waals surface area contributed by atoms with Crippen LogP contribution >= 0.6 is 0 Å². The van der Waals surface area contributed by atoms with Gasteiger partial charge in [-0.25, -0.2) is 0 Å². The van der Waals surface area contributed by atoms with Crippen molar-refractivity contribution >= 4 is 0 Å². The van der Waals surface area contributed by atoms with E-state index in [1.807, 2.05) is 0 Å². The van der Waals surface area contributed by atoms with Crippen molar-refractivity contribution in [2.75, 3.05) is 6.61 Å². The number of hydrogen-bond acceptors (Lipinski definition) is 2. The van der Waals surface area contributed by atoms with Crippen LogP contribution in [0.15, 0.2) is 0 Å². The second kappa shape index (κ2) is 5.48. The van der Waals surface area contributed by atoms with Gasteiger partial charge in [0.2, 0.25) is 0 Å². The van der Waals surface area contributed by atoms with Gasteiger partial charge in [0.15, 0.2) is 0 Å². The summed E-state index contributed by atoms with van der Waals surface area (Å²) in [7, 11) is 0. The number of fused-ring (bicyclic) bond motifs is 3. The van der Waals surface area contributed by atoms with Gasteiger partial charge in [-0.05, 0) is 85.9 Å². The van der Waals surface area contributed by atoms with Crippen LogP contribution in [0.5, 0.6) is 0 Å². The highest BCUT2D eigenvalue weighted by atomic mass is 16.3. The smallest absolute Gasteiger partial charge is 0.0737 e. The maximum absolute atomic E-state index is 11.8. The minimum absolute atomic E-state index is 0.0676. The first-order chi connectivity index (χ1) is 10.3. The second-order valence-electron chi connectivity index (χ2n) is 9.61. The van der Waals surface area contributed by atoms with Gasteiger partial charge in [-0.3, -0.25) is 0 Å². The molecule has 0 saturated heterocycles. The third-order valence-corrected chi connectivity index (χ3v) is 8.34. The summed E-state index contributed by atoms with van der Waals surface area (Å²) in [5, 5.41) is 21.8. The molecule has 0 amide bonds. The lowest BCUT2D eigenvalue weighted by Crippen LogP contribution is -2.65. The van der Waals surface area contributed by atoms with Crippen LogP contribution in [0.1, 0.15) is 79.1 Å². The van der Waals surface area contributed by atoms with Gasteiger partial charge < -0.3 is 10.2 Å². The van der Waals surface area contributed by atoms with E-state index in [1.165, 1.54) is 25.7 Å². The molecule has 2 N–H and O–H groups in total. The van der Waals surface area contributed by atoms with Crippen LogP contribution < -0.4 is 0 Å². The van der Waals surface area contributed by atoms with Gasteiger partial charge in [0.05, 0.1) is 5.60 Å². The molecule has 0 aromatic heterocycles. The molecule has 0 bridgehead atoms. The van der Waals surface area contributed by atoms with E-state index in [2.05, 4.69) is 27.7 Å². The van der Waals surface area contributed by atoms with Crippen molar-refractivity contribution < 1.29 is 10.2 Å². The Kier molecular flexibility index (Phi) is 4.18. The summed E-state index contributed by atoms with van der Waals surface area (Å²) in [4.78, 5) is 0. The zero-order valence-electron chi connectivity index (χ0n) is 15.1. The summed E-state index contributed by atoms with van der Waals surface area (Å²) in [5.74, 6) is 2.57. The van der Waals surface area contributed by atoms with Crippen molar-refractivity contribution in [3.8, 4) is 0 Å². The molecule has 128 valence electrons. The van der Waals surface area contributed by atoms with E-state index < -0.39 is 5.60 Å². The molecule has 0 aliphatic heterocycles. The van der Waals surface area contributed by atoms with Crippen LogP contribution in [0, 0.1) is 34.5 Å². The SMILES string of the molecule is CC(C)[C@H]1CC[C@]2(C)[C@H](CC[C@H]3[C@](C)(CO)CCC[C@@]32O)C1. The molecule has 0 spiro atoms. The summed E-state index contributed by atoms with van der Waals surface area (Å²) >= 11 is 0. The molecule has 3 rings (SSSR count). The predicted molar refractivity (Wildman–Crippen MR) is 90.5 cm³/mol. The Morgan fingerprint density at radius 2 is 1.77 bits per heavy atom. The van der Waals surface area contributed by atoms with Gasteiger partial charge in [-0.2, -0.15) is 0 Å². The minimum atomic E-state index is -0.548. The zero-order chi connectivity index (χ0) is 16.2. The molecule has 3 fully saturated rings. The molecule has 22 heavy (non-hydrogen) atoms. The fourth-order valence-corrected chi connectivity index (χ4v) is 6.56. The molecule has 3 aliphatic rings. The molecular formula is C20H36O2.